The Morgan fingerprint density at radius 3 is 2.71 bits per heavy atom. The average Bonchev–Trinajstić information content (AvgIpc) is 2.69. The molecular weight excluding hydrogens is 190 g/mol. The molecule has 1 rings (SSSR count). The second-order valence-electron chi connectivity index (χ2n) is 4.29. The Hall–Kier alpha value is 0.310. The van der Waals surface area contributed by atoms with Crippen molar-refractivity contribution < 1.29 is 0 Å². The zero-order valence-corrected chi connectivity index (χ0v) is 10.4. The molecule has 1 aliphatic rings. The Bertz CT molecular complexity index is 121. The van der Waals surface area contributed by atoms with Crippen LogP contribution in [0.3, 0.4) is 0 Å². The van der Waals surface area contributed by atoms with E-state index in [0.29, 0.717) is 0 Å². The molecule has 0 amide bonds. The zero-order valence-electron chi connectivity index (χ0n) is 9.56. The summed E-state index contributed by atoms with van der Waals surface area (Å²) < 4.78 is 0. The van der Waals surface area contributed by atoms with Gasteiger partial charge in [0.15, 0.2) is 0 Å². The second kappa shape index (κ2) is 8.60. The van der Waals surface area contributed by atoms with Crippen molar-refractivity contribution >= 4 is 11.8 Å². The van der Waals surface area contributed by atoms with Gasteiger partial charge in [-0.3, -0.25) is 0 Å². The smallest absolute Gasteiger partial charge is 0.00391 e. The van der Waals surface area contributed by atoms with Gasteiger partial charge < -0.3 is 5.32 Å². The fraction of sp³-hybridized carbons (Fsp3) is 1.00. The molecule has 0 spiro atoms. The molecule has 1 saturated carbocycles. The summed E-state index contributed by atoms with van der Waals surface area (Å²) in [6, 6.07) is 0. The minimum Gasteiger partial charge on any atom is -0.317 e. The molecule has 0 aromatic rings. The summed E-state index contributed by atoms with van der Waals surface area (Å²) in [7, 11) is 0. The monoisotopic (exact) mass is 215 g/mol. The van der Waals surface area contributed by atoms with E-state index < -0.39 is 0 Å². The fourth-order valence-electron chi connectivity index (χ4n) is 2.06. The molecule has 84 valence electrons. The van der Waals surface area contributed by atoms with Crippen LogP contribution in [-0.4, -0.2) is 24.6 Å². The van der Waals surface area contributed by atoms with Gasteiger partial charge in [-0.15, -0.1) is 0 Å². The van der Waals surface area contributed by atoms with Crippen molar-refractivity contribution in [1.29, 1.82) is 0 Å². The Morgan fingerprint density at radius 1 is 1.21 bits per heavy atom. The minimum absolute atomic E-state index is 1.06. The number of nitrogens with one attached hydrogen (secondary N) is 1. The number of rotatable bonds is 8. The van der Waals surface area contributed by atoms with Crippen LogP contribution >= 0.6 is 11.8 Å². The van der Waals surface area contributed by atoms with Gasteiger partial charge in [-0.05, 0) is 56.2 Å². The van der Waals surface area contributed by atoms with E-state index in [1.165, 1.54) is 56.6 Å². The third-order valence-corrected chi connectivity index (χ3v) is 4.25. The molecule has 0 aromatic heterocycles. The standard InChI is InChI=1S/C12H25NS/c1-2-13-9-5-6-10-14-11-12-7-3-4-8-12/h12-13H,2-11H2,1H3. The molecular formula is C12H25NS. The molecule has 0 saturated heterocycles. The number of hydrogen-bond acceptors (Lipinski definition) is 2. The van der Waals surface area contributed by atoms with E-state index in [4.69, 9.17) is 0 Å². The Morgan fingerprint density at radius 2 is 2.00 bits per heavy atom. The molecule has 1 fully saturated rings. The predicted octanol–water partition coefficient (Wildman–Crippen LogP) is 3.30. The van der Waals surface area contributed by atoms with Crippen LogP contribution in [0.1, 0.15) is 45.4 Å². The second-order valence-corrected chi connectivity index (χ2v) is 5.44. The highest BCUT2D eigenvalue weighted by Gasteiger charge is 2.13. The van der Waals surface area contributed by atoms with E-state index in [0.717, 1.165) is 12.5 Å². The molecule has 14 heavy (non-hydrogen) atoms. The Kier molecular flexibility index (Phi) is 7.61. The van der Waals surface area contributed by atoms with Gasteiger partial charge in [-0.1, -0.05) is 19.8 Å². The summed E-state index contributed by atoms with van der Waals surface area (Å²) in [6.45, 7) is 4.50. The van der Waals surface area contributed by atoms with E-state index >= 15 is 0 Å². The topological polar surface area (TPSA) is 12.0 Å². The number of hydrogen-bond donors (Lipinski definition) is 1. The molecule has 1 N–H and O–H groups in total. The van der Waals surface area contributed by atoms with E-state index in [-0.39, 0.29) is 0 Å². The highest BCUT2D eigenvalue weighted by Crippen LogP contribution is 2.27. The molecule has 0 radical (unpaired) electrons. The van der Waals surface area contributed by atoms with Crippen molar-refractivity contribution in [1.82, 2.24) is 5.32 Å². The fourth-order valence-corrected chi connectivity index (χ4v) is 3.30. The zero-order chi connectivity index (χ0) is 10.1. The van der Waals surface area contributed by atoms with Crippen LogP contribution in [0, 0.1) is 5.92 Å². The van der Waals surface area contributed by atoms with Crippen LogP contribution in [0.4, 0.5) is 0 Å². The summed E-state index contributed by atoms with van der Waals surface area (Å²) in [5.74, 6) is 3.87. The van der Waals surface area contributed by atoms with Crippen LogP contribution in [0.15, 0.2) is 0 Å². The van der Waals surface area contributed by atoms with Crippen molar-refractivity contribution in [2.75, 3.05) is 24.6 Å². The van der Waals surface area contributed by atoms with Gasteiger partial charge in [0, 0.05) is 0 Å². The maximum atomic E-state index is 3.37. The highest BCUT2D eigenvalue weighted by molar-refractivity contribution is 7.99. The highest BCUT2D eigenvalue weighted by atomic mass is 32.2. The number of unbranched alkanes of at least 4 members (excludes halogenated alkanes) is 1. The minimum atomic E-state index is 1.06. The lowest BCUT2D eigenvalue weighted by atomic mass is 10.1. The molecule has 1 nitrogen and oxygen atoms in total. The quantitative estimate of drug-likeness (QED) is 0.624. The first-order valence-corrected chi connectivity index (χ1v) is 7.37. The van der Waals surface area contributed by atoms with Gasteiger partial charge in [0.1, 0.15) is 0 Å². The third-order valence-electron chi connectivity index (χ3n) is 2.97. The molecule has 0 atom stereocenters. The SMILES string of the molecule is CCNCCCCSCC1CCCC1. The summed E-state index contributed by atoms with van der Waals surface area (Å²) in [6.07, 6.45) is 8.74. The molecule has 1 aliphatic carbocycles. The van der Waals surface area contributed by atoms with E-state index in [9.17, 15) is 0 Å². The lowest BCUT2D eigenvalue weighted by Crippen LogP contribution is -2.13. The Labute approximate surface area is 93.4 Å². The summed E-state index contributed by atoms with van der Waals surface area (Å²) in [5.41, 5.74) is 0. The normalized spacial score (nSPS) is 17.8. The largest absolute Gasteiger partial charge is 0.317 e. The average molecular weight is 215 g/mol. The van der Waals surface area contributed by atoms with Crippen molar-refractivity contribution in [3.63, 3.8) is 0 Å². The lowest BCUT2D eigenvalue weighted by Gasteiger charge is -2.07. The maximum Gasteiger partial charge on any atom is -0.00391 e. The Balaban J connectivity index is 1.75. The van der Waals surface area contributed by atoms with E-state index in [2.05, 4.69) is 24.0 Å². The maximum absolute atomic E-state index is 3.37. The van der Waals surface area contributed by atoms with Crippen molar-refractivity contribution in [2.24, 2.45) is 5.92 Å². The van der Waals surface area contributed by atoms with Crippen LogP contribution in [0.2, 0.25) is 0 Å². The first kappa shape index (κ1) is 12.4. The van der Waals surface area contributed by atoms with Crippen LogP contribution < -0.4 is 5.32 Å². The van der Waals surface area contributed by atoms with Crippen LogP contribution in [-0.2, 0) is 0 Å². The third kappa shape index (κ3) is 5.92. The van der Waals surface area contributed by atoms with Crippen molar-refractivity contribution in [3.05, 3.63) is 0 Å². The molecule has 0 bridgehead atoms. The first-order chi connectivity index (χ1) is 6.93. The van der Waals surface area contributed by atoms with Gasteiger partial charge in [0.2, 0.25) is 0 Å². The van der Waals surface area contributed by atoms with E-state index in [1.807, 2.05) is 0 Å². The van der Waals surface area contributed by atoms with Gasteiger partial charge in [0.05, 0.1) is 0 Å². The van der Waals surface area contributed by atoms with Gasteiger partial charge in [-0.25, -0.2) is 0 Å². The summed E-state index contributed by atoms with van der Waals surface area (Å²) >= 11 is 2.18. The van der Waals surface area contributed by atoms with Gasteiger partial charge >= 0.3 is 0 Å². The summed E-state index contributed by atoms with van der Waals surface area (Å²) in [5, 5.41) is 3.37. The van der Waals surface area contributed by atoms with Crippen molar-refractivity contribution in [3.8, 4) is 0 Å². The molecule has 0 aromatic carbocycles. The predicted molar refractivity (Wildman–Crippen MR) is 67.1 cm³/mol. The first-order valence-electron chi connectivity index (χ1n) is 6.22. The van der Waals surface area contributed by atoms with Gasteiger partial charge in [-0.2, -0.15) is 11.8 Å². The lowest BCUT2D eigenvalue weighted by molar-refractivity contribution is 0.622. The van der Waals surface area contributed by atoms with Crippen LogP contribution in [0.25, 0.3) is 0 Å². The van der Waals surface area contributed by atoms with Gasteiger partial charge in [0.25, 0.3) is 0 Å². The van der Waals surface area contributed by atoms with Crippen LogP contribution in [0.5, 0.6) is 0 Å². The molecule has 0 unspecified atom stereocenters. The van der Waals surface area contributed by atoms with Crippen molar-refractivity contribution in [2.45, 2.75) is 45.4 Å². The number of thioether (sulfide) groups is 1. The van der Waals surface area contributed by atoms with E-state index in [1.54, 1.807) is 0 Å². The molecule has 2 heteroatoms. The molecule has 0 aliphatic heterocycles. The summed E-state index contributed by atoms with van der Waals surface area (Å²) in [4.78, 5) is 0. The molecule has 0 heterocycles.